The van der Waals surface area contributed by atoms with Crippen molar-refractivity contribution in [2.24, 2.45) is 0 Å². The Morgan fingerprint density at radius 2 is 1.12 bits per heavy atom. The third kappa shape index (κ3) is 5.05. The van der Waals surface area contributed by atoms with E-state index in [1.807, 2.05) is 0 Å². The van der Waals surface area contributed by atoms with E-state index < -0.39 is 29.3 Å². The molecule has 132 valence electrons. The van der Waals surface area contributed by atoms with Gasteiger partial charge in [-0.1, -0.05) is 0 Å². The first-order valence-electron chi connectivity index (χ1n) is 10.0. The number of hydrogen-bond acceptors (Lipinski definition) is 0. The van der Waals surface area contributed by atoms with Gasteiger partial charge in [-0.2, -0.15) is 0 Å². The summed E-state index contributed by atoms with van der Waals surface area (Å²) in [7, 11) is 0. The number of rotatable bonds is 10. The van der Waals surface area contributed by atoms with E-state index in [0.29, 0.717) is 0 Å². The molecule has 0 fully saturated rings. The van der Waals surface area contributed by atoms with Gasteiger partial charge in [0.1, 0.15) is 0 Å². The first-order valence-corrected chi connectivity index (χ1v) is 17.5. The van der Waals surface area contributed by atoms with E-state index in [4.69, 9.17) is 0 Å². The molecule has 4 atom stereocenters. The van der Waals surface area contributed by atoms with Crippen LogP contribution in [0.1, 0.15) is 73.9 Å². The summed E-state index contributed by atoms with van der Waals surface area (Å²) in [6.45, 7) is 9.58. The van der Waals surface area contributed by atoms with Crippen LogP contribution in [0, 0.1) is 0 Å². The Kier molecular flexibility index (Phi) is 9.29. The van der Waals surface area contributed by atoms with Gasteiger partial charge in [-0.25, -0.2) is 0 Å². The van der Waals surface area contributed by atoms with Gasteiger partial charge in [0.2, 0.25) is 0 Å². The molecule has 0 aromatic heterocycles. The van der Waals surface area contributed by atoms with Gasteiger partial charge in [-0.15, -0.1) is 0 Å². The maximum atomic E-state index is 2.68. The molecule has 2 radical (unpaired) electrons. The van der Waals surface area contributed by atoms with Crippen molar-refractivity contribution in [3.63, 3.8) is 0 Å². The normalized spacial score (nSPS) is 22.2. The summed E-state index contributed by atoms with van der Waals surface area (Å²) >= 11 is -1.57. The summed E-state index contributed by atoms with van der Waals surface area (Å²) in [6.07, 6.45) is 10.9. The van der Waals surface area contributed by atoms with Crippen LogP contribution in [-0.2, 0) is 0 Å². The first kappa shape index (κ1) is 20.4. The average Bonchev–Trinajstić information content (AvgIpc) is 2.63. The predicted molar refractivity (Wildman–Crippen MR) is 113 cm³/mol. The van der Waals surface area contributed by atoms with E-state index in [1.165, 1.54) is 46.5 Å². The van der Waals surface area contributed by atoms with Crippen LogP contribution in [0.3, 0.4) is 0 Å². The van der Waals surface area contributed by atoms with Crippen LogP contribution in [-0.4, -0.2) is 29.3 Å². The Bertz CT molecular complexity index is 463. The number of allylic oxidation sites excluding steroid dienone is 2. The van der Waals surface area contributed by atoms with E-state index in [0.717, 1.165) is 9.41 Å². The van der Waals surface area contributed by atoms with Crippen molar-refractivity contribution in [1.82, 2.24) is 0 Å². The van der Waals surface area contributed by atoms with Crippen molar-refractivity contribution < 1.29 is 0 Å². The molecule has 24 heavy (non-hydrogen) atoms. The monoisotopic (exact) mass is 450 g/mol. The van der Waals surface area contributed by atoms with Gasteiger partial charge in [-0.3, -0.25) is 0 Å². The Hall–Kier alpha value is 0.0769. The quantitative estimate of drug-likeness (QED) is 0.263. The summed E-state index contributed by atoms with van der Waals surface area (Å²) < 4.78 is 1.61. The zero-order valence-corrected chi connectivity index (χ0v) is 19.9. The number of hydrogen-bond donors (Lipinski definition) is 0. The third-order valence-electron chi connectivity index (χ3n) is 5.31. The summed E-state index contributed by atoms with van der Waals surface area (Å²) in [5, 5.41) is 5.95. The molecule has 1 aliphatic carbocycles. The van der Waals surface area contributed by atoms with Gasteiger partial charge in [0.25, 0.3) is 0 Å². The Balaban J connectivity index is 2.26. The predicted octanol–water partition coefficient (Wildman–Crippen LogP) is 7.13. The molecule has 1 aromatic carbocycles. The average molecular weight is 450 g/mol. The maximum absolute atomic E-state index is 2.68. The molecule has 0 nitrogen and oxygen atoms in total. The standard InChI is InChI=1S/C22H36As2/c1-5-9-17-23(7-3)21-15-16-22(24(8-4)18-10-6-2)20-14-12-11-13-19(20)21/h11-16,21-22H,5-10,17-18H2,1-4H3/q+2. The fourth-order valence-electron chi connectivity index (χ4n) is 3.81. The SMILES string of the molecule is CCCC[As+](CC)C1C=CC([As+](CC)CCCC)c2ccccc21. The second-order valence-corrected chi connectivity index (χ2v) is 18.7. The molecule has 0 saturated heterocycles. The van der Waals surface area contributed by atoms with Gasteiger partial charge >= 0.3 is 160 Å². The Morgan fingerprint density at radius 1 is 0.708 bits per heavy atom. The zero-order valence-electron chi connectivity index (χ0n) is 16.2. The molecule has 0 N–H and O–H groups in total. The summed E-state index contributed by atoms with van der Waals surface area (Å²) in [4.78, 5) is 0. The molecule has 0 aliphatic heterocycles. The van der Waals surface area contributed by atoms with Crippen molar-refractivity contribution in [1.29, 1.82) is 0 Å². The Morgan fingerprint density at radius 3 is 1.46 bits per heavy atom. The second kappa shape index (κ2) is 10.9. The van der Waals surface area contributed by atoms with Crippen LogP contribution >= 0.6 is 0 Å². The van der Waals surface area contributed by atoms with Crippen LogP contribution < -0.4 is 0 Å². The molecule has 0 bridgehead atoms. The van der Waals surface area contributed by atoms with E-state index in [2.05, 4.69) is 64.1 Å². The van der Waals surface area contributed by atoms with E-state index in [9.17, 15) is 0 Å². The molecule has 4 unspecified atom stereocenters. The van der Waals surface area contributed by atoms with Crippen molar-refractivity contribution in [2.75, 3.05) is 0 Å². The van der Waals surface area contributed by atoms with Crippen LogP contribution in [0.25, 0.3) is 0 Å². The zero-order chi connectivity index (χ0) is 17.4. The topological polar surface area (TPSA) is 0 Å². The van der Waals surface area contributed by atoms with Crippen molar-refractivity contribution in [3.8, 4) is 0 Å². The number of fused-ring (bicyclic) bond motifs is 1. The number of benzene rings is 1. The van der Waals surface area contributed by atoms with E-state index in [1.54, 1.807) is 11.1 Å². The molecule has 0 amide bonds. The molecule has 0 saturated carbocycles. The van der Waals surface area contributed by atoms with E-state index >= 15 is 0 Å². The van der Waals surface area contributed by atoms with E-state index in [-0.39, 0.29) is 0 Å². The molecular weight excluding hydrogens is 414 g/mol. The van der Waals surface area contributed by atoms with Crippen LogP contribution in [0.15, 0.2) is 36.4 Å². The third-order valence-corrected chi connectivity index (χ3v) is 17.6. The van der Waals surface area contributed by atoms with Crippen LogP contribution in [0.5, 0.6) is 0 Å². The molecule has 0 heterocycles. The first-order chi connectivity index (χ1) is 11.8. The number of unbranched alkanes of at least 4 members (excludes halogenated alkanes) is 2. The van der Waals surface area contributed by atoms with Gasteiger partial charge < -0.3 is 0 Å². The van der Waals surface area contributed by atoms with Crippen molar-refractivity contribution >= 4 is 29.3 Å². The van der Waals surface area contributed by atoms with Crippen molar-refractivity contribution in [3.05, 3.63) is 47.5 Å². The minimum absolute atomic E-state index is 0.786. The molecule has 2 rings (SSSR count). The summed E-state index contributed by atoms with van der Waals surface area (Å²) in [6, 6.07) is 9.53. The summed E-state index contributed by atoms with van der Waals surface area (Å²) in [5.74, 6) is 0. The molecule has 1 aliphatic rings. The van der Waals surface area contributed by atoms with Gasteiger partial charge in [0.15, 0.2) is 0 Å². The van der Waals surface area contributed by atoms with Gasteiger partial charge in [0.05, 0.1) is 0 Å². The summed E-state index contributed by atoms with van der Waals surface area (Å²) in [5.41, 5.74) is 3.46. The fraction of sp³-hybridized carbons (Fsp3) is 0.636. The molecule has 2 heteroatoms. The second-order valence-electron chi connectivity index (χ2n) is 6.87. The van der Waals surface area contributed by atoms with Crippen molar-refractivity contribution in [2.45, 2.75) is 83.6 Å². The van der Waals surface area contributed by atoms with Crippen LogP contribution in [0.2, 0.25) is 20.8 Å². The molecular formula is C22H36As2+2. The fourth-order valence-corrected chi connectivity index (χ4v) is 15.1. The molecule has 0 spiro atoms. The van der Waals surface area contributed by atoms with Gasteiger partial charge in [0, 0.05) is 0 Å². The minimum atomic E-state index is -0.786. The van der Waals surface area contributed by atoms with Crippen LogP contribution in [0.4, 0.5) is 0 Å². The molecule has 1 aromatic rings. The Labute approximate surface area is 160 Å². The van der Waals surface area contributed by atoms with Gasteiger partial charge in [-0.05, 0) is 0 Å².